The summed E-state index contributed by atoms with van der Waals surface area (Å²) in [4.78, 5) is 2.36. The van der Waals surface area contributed by atoms with Crippen LogP contribution in [0.2, 0.25) is 0 Å². The van der Waals surface area contributed by atoms with E-state index in [-0.39, 0.29) is 17.0 Å². The quantitative estimate of drug-likeness (QED) is 0.711. The summed E-state index contributed by atoms with van der Waals surface area (Å²) in [6.07, 6.45) is 6.90. The number of hydrogen-bond acceptors (Lipinski definition) is 1. The van der Waals surface area contributed by atoms with E-state index in [1.807, 2.05) is 0 Å². The van der Waals surface area contributed by atoms with Gasteiger partial charge in [0.05, 0.1) is 0 Å². The molecule has 1 aliphatic heterocycles. The molecule has 0 aromatic heterocycles. The fourth-order valence-electron chi connectivity index (χ4n) is 1.23. The molecule has 0 radical (unpaired) electrons. The lowest BCUT2D eigenvalue weighted by molar-refractivity contribution is 0.418. The summed E-state index contributed by atoms with van der Waals surface area (Å²) in [6, 6.07) is 0. The molecule has 1 rings (SSSR count). The van der Waals surface area contributed by atoms with Crippen LogP contribution in [-0.4, -0.2) is 25.0 Å². The standard InChI is InChI=1S/C5H11N.C5H12.BrH/c1-6-4-2-3-5-6;1-3-5-4-2;/h2-5H2,1H3;3-5H2,1-2H3;1H. The molecule has 1 aliphatic rings. The van der Waals surface area contributed by atoms with E-state index in [2.05, 4.69) is 25.8 Å². The van der Waals surface area contributed by atoms with Crippen LogP contribution in [0, 0.1) is 0 Å². The number of likely N-dealkylation sites (tertiary alicyclic amines) is 1. The molecule has 1 fully saturated rings. The topological polar surface area (TPSA) is 3.24 Å². The maximum Gasteiger partial charge on any atom is -0.00213 e. The molecule has 0 unspecified atom stereocenters. The molecule has 0 amide bonds. The number of hydrogen-bond donors (Lipinski definition) is 0. The monoisotopic (exact) mass is 237 g/mol. The second-order valence-electron chi connectivity index (χ2n) is 3.36. The first-order chi connectivity index (χ1) is 5.31. The highest BCUT2D eigenvalue weighted by Crippen LogP contribution is 2.02. The molecule has 0 aliphatic carbocycles. The molecule has 0 bridgehead atoms. The van der Waals surface area contributed by atoms with Crippen molar-refractivity contribution in [1.29, 1.82) is 0 Å². The average Bonchev–Trinajstić information content (AvgIpc) is 2.43. The first-order valence-electron chi connectivity index (χ1n) is 4.99. The highest BCUT2D eigenvalue weighted by Gasteiger charge is 2.03. The second kappa shape index (κ2) is 11.4. The van der Waals surface area contributed by atoms with Crippen LogP contribution in [0.1, 0.15) is 46.0 Å². The van der Waals surface area contributed by atoms with E-state index in [9.17, 15) is 0 Å². The van der Waals surface area contributed by atoms with Gasteiger partial charge >= 0.3 is 0 Å². The molecule has 1 saturated heterocycles. The number of rotatable bonds is 2. The molecule has 0 aromatic carbocycles. The van der Waals surface area contributed by atoms with Crippen molar-refractivity contribution in [3.8, 4) is 0 Å². The molecule has 0 atom stereocenters. The molecule has 0 saturated carbocycles. The van der Waals surface area contributed by atoms with E-state index in [1.165, 1.54) is 45.2 Å². The van der Waals surface area contributed by atoms with Crippen LogP contribution >= 0.6 is 17.0 Å². The molecule has 2 heteroatoms. The van der Waals surface area contributed by atoms with Gasteiger partial charge in [0.1, 0.15) is 0 Å². The number of nitrogens with zero attached hydrogens (tertiary/aromatic N) is 1. The van der Waals surface area contributed by atoms with Crippen LogP contribution in [0.5, 0.6) is 0 Å². The SMILES string of the molecule is Br.CCCCC.CN1CCCC1. The Kier molecular flexibility index (Phi) is 14.2. The Morgan fingerprint density at radius 2 is 1.42 bits per heavy atom. The van der Waals surface area contributed by atoms with Gasteiger partial charge in [-0.1, -0.05) is 33.1 Å². The molecular formula is C10H24BrN. The zero-order valence-electron chi connectivity index (χ0n) is 8.81. The summed E-state index contributed by atoms with van der Waals surface area (Å²) < 4.78 is 0. The maximum absolute atomic E-state index is 2.36. The first-order valence-corrected chi connectivity index (χ1v) is 4.99. The predicted molar refractivity (Wildman–Crippen MR) is 62.3 cm³/mol. The molecule has 1 nitrogen and oxygen atoms in total. The van der Waals surface area contributed by atoms with Crippen LogP contribution in [0.4, 0.5) is 0 Å². The summed E-state index contributed by atoms with van der Waals surface area (Å²) >= 11 is 0. The molecular weight excluding hydrogens is 214 g/mol. The Morgan fingerprint density at radius 3 is 1.50 bits per heavy atom. The van der Waals surface area contributed by atoms with Crippen LogP contribution in [-0.2, 0) is 0 Å². The van der Waals surface area contributed by atoms with Crippen molar-refractivity contribution >= 4 is 17.0 Å². The van der Waals surface area contributed by atoms with Crippen molar-refractivity contribution in [1.82, 2.24) is 4.90 Å². The Bertz CT molecular complexity index is 68.2. The van der Waals surface area contributed by atoms with Gasteiger partial charge in [-0.15, -0.1) is 17.0 Å². The van der Waals surface area contributed by atoms with E-state index in [0.717, 1.165) is 0 Å². The van der Waals surface area contributed by atoms with E-state index < -0.39 is 0 Å². The molecule has 76 valence electrons. The lowest BCUT2D eigenvalue weighted by Crippen LogP contribution is -2.10. The van der Waals surface area contributed by atoms with Crippen LogP contribution < -0.4 is 0 Å². The molecule has 1 heterocycles. The summed E-state index contributed by atoms with van der Waals surface area (Å²) in [6.45, 7) is 7.06. The van der Waals surface area contributed by atoms with Gasteiger partial charge in [0.25, 0.3) is 0 Å². The van der Waals surface area contributed by atoms with Gasteiger partial charge < -0.3 is 4.90 Å². The van der Waals surface area contributed by atoms with Crippen molar-refractivity contribution in [2.45, 2.75) is 46.0 Å². The summed E-state index contributed by atoms with van der Waals surface area (Å²) in [5.41, 5.74) is 0. The van der Waals surface area contributed by atoms with E-state index in [1.54, 1.807) is 0 Å². The molecule has 0 N–H and O–H groups in total. The molecule has 0 spiro atoms. The highest BCUT2D eigenvalue weighted by atomic mass is 79.9. The number of unbranched alkanes of at least 4 members (excludes halogenated alkanes) is 2. The first kappa shape index (κ1) is 14.9. The summed E-state index contributed by atoms with van der Waals surface area (Å²) in [5.74, 6) is 0. The van der Waals surface area contributed by atoms with Crippen molar-refractivity contribution in [3.05, 3.63) is 0 Å². The van der Waals surface area contributed by atoms with E-state index in [4.69, 9.17) is 0 Å². The van der Waals surface area contributed by atoms with Gasteiger partial charge in [0, 0.05) is 0 Å². The third-order valence-electron chi connectivity index (χ3n) is 2.04. The smallest absolute Gasteiger partial charge is 0.00213 e. The second-order valence-corrected chi connectivity index (χ2v) is 3.36. The van der Waals surface area contributed by atoms with Crippen LogP contribution in [0.15, 0.2) is 0 Å². The minimum atomic E-state index is 0. The van der Waals surface area contributed by atoms with Crippen LogP contribution in [0.3, 0.4) is 0 Å². The van der Waals surface area contributed by atoms with Crippen molar-refractivity contribution < 1.29 is 0 Å². The number of halogens is 1. The van der Waals surface area contributed by atoms with Crippen molar-refractivity contribution in [2.75, 3.05) is 20.1 Å². The minimum Gasteiger partial charge on any atom is -0.306 e. The molecule has 0 aromatic rings. The van der Waals surface area contributed by atoms with E-state index >= 15 is 0 Å². The van der Waals surface area contributed by atoms with Gasteiger partial charge in [-0.25, -0.2) is 0 Å². The zero-order chi connectivity index (χ0) is 8.53. The summed E-state index contributed by atoms with van der Waals surface area (Å²) in [7, 11) is 2.17. The van der Waals surface area contributed by atoms with Gasteiger partial charge in [0.2, 0.25) is 0 Å². The Labute approximate surface area is 88.3 Å². The van der Waals surface area contributed by atoms with Gasteiger partial charge in [0.15, 0.2) is 0 Å². The fourth-order valence-corrected chi connectivity index (χ4v) is 1.23. The lowest BCUT2D eigenvalue weighted by atomic mass is 10.3. The van der Waals surface area contributed by atoms with Crippen molar-refractivity contribution in [3.63, 3.8) is 0 Å². The summed E-state index contributed by atoms with van der Waals surface area (Å²) in [5, 5.41) is 0. The normalized spacial score (nSPS) is 16.2. The van der Waals surface area contributed by atoms with Gasteiger partial charge in [-0.2, -0.15) is 0 Å². The van der Waals surface area contributed by atoms with Crippen LogP contribution in [0.25, 0.3) is 0 Å². The predicted octanol–water partition coefficient (Wildman–Crippen LogP) is 3.49. The Morgan fingerprint density at radius 1 is 1.00 bits per heavy atom. The van der Waals surface area contributed by atoms with Gasteiger partial charge in [-0.05, 0) is 33.0 Å². The zero-order valence-corrected chi connectivity index (χ0v) is 10.5. The third-order valence-corrected chi connectivity index (χ3v) is 2.04. The highest BCUT2D eigenvalue weighted by molar-refractivity contribution is 8.93. The van der Waals surface area contributed by atoms with Crippen molar-refractivity contribution in [2.24, 2.45) is 0 Å². The Balaban J connectivity index is 0. The largest absolute Gasteiger partial charge is 0.306 e. The fraction of sp³-hybridized carbons (Fsp3) is 1.00. The maximum atomic E-state index is 2.36. The van der Waals surface area contributed by atoms with Gasteiger partial charge in [-0.3, -0.25) is 0 Å². The molecule has 12 heavy (non-hydrogen) atoms. The lowest BCUT2D eigenvalue weighted by Gasteiger charge is -2.01. The Hall–Kier alpha value is 0.440. The minimum absolute atomic E-state index is 0. The average molecular weight is 238 g/mol. The third kappa shape index (κ3) is 10.4. The van der Waals surface area contributed by atoms with E-state index in [0.29, 0.717) is 0 Å².